The van der Waals surface area contributed by atoms with Crippen molar-refractivity contribution < 1.29 is 22.7 Å². The van der Waals surface area contributed by atoms with Gasteiger partial charge in [0.05, 0.1) is 12.2 Å². The third-order valence-electron chi connectivity index (χ3n) is 5.80. The Balaban J connectivity index is 0.000000241. The normalized spacial score (nSPS) is 16.0. The zero-order valence-corrected chi connectivity index (χ0v) is 21.7. The van der Waals surface area contributed by atoms with E-state index < -0.39 is 12.2 Å². The van der Waals surface area contributed by atoms with E-state index in [0.29, 0.717) is 39.8 Å². The van der Waals surface area contributed by atoms with Gasteiger partial charge in [-0.2, -0.15) is 0 Å². The molecule has 2 aromatic carbocycles. The summed E-state index contributed by atoms with van der Waals surface area (Å²) in [6.07, 6.45) is 3.43. The summed E-state index contributed by atoms with van der Waals surface area (Å²) in [6, 6.07) is 7.55. The number of rotatable bonds is 8. The Morgan fingerprint density at radius 3 is 2.34 bits per heavy atom. The zero-order chi connectivity index (χ0) is 25.4. The summed E-state index contributed by atoms with van der Waals surface area (Å²) >= 11 is 12.4. The van der Waals surface area contributed by atoms with E-state index in [1.54, 1.807) is 12.3 Å². The first-order valence-corrected chi connectivity index (χ1v) is 13.5. The van der Waals surface area contributed by atoms with Crippen molar-refractivity contribution in [3.8, 4) is 5.75 Å². The molecule has 1 aliphatic heterocycles. The third kappa shape index (κ3) is 9.08. The summed E-state index contributed by atoms with van der Waals surface area (Å²) in [5.41, 5.74) is 1.55. The van der Waals surface area contributed by atoms with Gasteiger partial charge >= 0.3 is 0 Å². The number of hydrogen-bond acceptors (Lipinski definition) is 4. The lowest BCUT2D eigenvalue weighted by molar-refractivity contribution is 0.0980. The molecule has 0 spiro atoms. The average Bonchev–Trinajstić information content (AvgIpc) is 3.63. The van der Waals surface area contributed by atoms with Crippen LogP contribution in [-0.2, 0) is 6.42 Å². The summed E-state index contributed by atoms with van der Waals surface area (Å²) in [5.74, 6) is 0.637. The topological polar surface area (TPSA) is 50.4 Å². The highest BCUT2D eigenvalue weighted by Gasteiger charge is 2.29. The van der Waals surface area contributed by atoms with E-state index in [2.05, 4.69) is 10.0 Å². The minimum absolute atomic E-state index is 0.107. The van der Waals surface area contributed by atoms with Crippen LogP contribution in [0, 0.1) is 11.7 Å². The van der Waals surface area contributed by atoms with Crippen LogP contribution in [0.15, 0.2) is 30.3 Å². The van der Waals surface area contributed by atoms with Gasteiger partial charge < -0.3 is 10.1 Å². The maximum absolute atomic E-state index is 14.3. The van der Waals surface area contributed by atoms with Gasteiger partial charge in [0.25, 0.3) is 5.91 Å². The molecule has 35 heavy (non-hydrogen) atoms. The van der Waals surface area contributed by atoms with E-state index in [0.717, 1.165) is 44.3 Å². The Morgan fingerprint density at radius 2 is 1.77 bits per heavy atom. The molecule has 0 unspecified atom stereocenters. The molecule has 2 aromatic rings. The summed E-state index contributed by atoms with van der Waals surface area (Å²) in [6.45, 7) is 2.66. The van der Waals surface area contributed by atoms with Gasteiger partial charge in [-0.15, -0.1) is 0 Å². The molecule has 0 bridgehead atoms. The van der Waals surface area contributed by atoms with E-state index in [1.165, 1.54) is 36.2 Å². The van der Waals surface area contributed by atoms with Gasteiger partial charge in [0.15, 0.2) is 0 Å². The number of carbonyl (C=O) groups excluding carboxylic acids is 1. The largest absolute Gasteiger partial charge is 0.493 e. The van der Waals surface area contributed by atoms with Gasteiger partial charge in [-0.3, -0.25) is 9.52 Å². The van der Waals surface area contributed by atoms with E-state index in [4.69, 9.17) is 27.9 Å². The average molecular weight is 549 g/mol. The second-order valence-electron chi connectivity index (χ2n) is 8.66. The van der Waals surface area contributed by atoms with Gasteiger partial charge in [0, 0.05) is 28.8 Å². The van der Waals surface area contributed by atoms with E-state index in [9.17, 15) is 18.0 Å². The van der Waals surface area contributed by atoms with E-state index in [-0.39, 0.29) is 17.9 Å². The molecule has 2 aliphatic rings. The standard InChI is InChI=1S/C17H23FN2O2S.C8H6Cl2F2/c1-23-20-17(21)14-8-13(12-2-3-12)16(9-15(14)18)22-10-11-4-6-19-7-5-11;9-6-1-5(3-8(11)12)2-7(10)4-6/h8-9,11-12,19H,2-7,10H2,1H3,(H,20,21);1-2,4,8H,3H2. The highest BCUT2D eigenvalue weighted by atomic mass is 35.5. The van der Waals surface area contributed by atoms with Crippen LogP contribution in [0.3, 0.4) is 0 Å². The lowest BCUT2D eigenvalue weighted by Crippen LogP contribution is -2.30. The first kappa shape index (κ1) is 28.0. The van der Waals surface area contributed by atoms with Crippen LogP contribution >= 0.6 is 35.1 Å². The lowest BCUT2D eigenvalue weighted by Gasteiger charge is -2.23. The fraction of sp³-hybridized carbons (Fsp3) is 0.480. The Bertz CT molecular complexity index is 983. The smallest absolute Gasteiger partial charge is 0.264 e. The minimum Gasteiger partial charge on any atom is -0.493 e. The highest BCUT2D eigenvalue weighted by molar-refractivity contribution is 7.97. The Morgan fingerprint density at radius 1 is 1.11 bits per heavy atom. The van der Waals surface area contributed by atoms with Crippen molar-refractivity contribution >= 4 is 41.1 Å². The summed E-state index contributed by atoms with van der Waals surface area (Å²) in [7, 11) is 0. The summed E-state index contributed by atoms with van der Waals surface area (Å²) < 4.78 is 46.6. The number of carbonyl (C=O) groups is 1. The second kappa shape index (κ2) is 13.6. The second-order valence-corrected chi connectivity index (χ2v) is 10.1. The molecule has 0 atom stereocenters. The summed E-state index contributed by atoms with van der Waals surface area (Å²) in [4.78, 5) is 12.0. The number of halogens is 5. The number of benzene rings is 2. The molecule has 4 rings (SSSR count). The molecule has 0 radical (unpaired) electrons. The molecular formula is C25H29Cl2F3N2O2S. The maximum Gasteiger partial charge on any atom is 0.264 e. The van der Waals surface area contributed by atoms with Crippen molar-refractivity contribution in [1.29, 1.82) is 0 Å². The number of alkyl halides is 2. The molecule has 192 valence electrons. The van der Waals surface area contributed by atoms with Crippen molar-refractivity contribution in [3.05, 3.63) is 62.9 Å². The molecule has 1 heterocycles. The van der Waals surface area contributed by atoms with Crippen molar-refractivity contribution in [1.82, 2.24) is 10.0 Å². The van der Waals surface area contributed by atoms with E-state index in [1.807, 2.05) is 0 Å². The predicted octanol–water partition coefficient (Wildman–Crippen LogP) is 6.89. The number of amides is 1. The van der Waals surface area contributed by atoms with Crippen molar-refractivity contribution in [2.75, 3.05) is 26.0 Å². The Hall–Kier alpha value is -1.61. The molecule has 1 amide bonds. The zero-order valence-electron chi connectivity index (χ0n) is 19.4. The van der Waals surface area contributed by atoms with Crippen LogP contribution in [0.25, 0.3) is 0 Å². The molecule has 10 heteroatoms. The van der Waals surface area contributed by atoms with Crippen LogP contribution in [0.1, 0.15) is 53.1 Å². The quantitative estimate of drug-likeness (QED) is 0.352. The first-order valence-electron chi connectivity index (χ1n) is 11.5. The van der Waals surface area contributed by atoms with Crippen LogP contribution in [0.5, 0.6) is 5.75 Å². The number of hydrogen-bond donors (Lipinski definition) is 2. The van der Waals surface area contributed by atoms with Gasteiger partial charge in [0.1, 0.15) is 11.6 Å². The molecule has 1 saturated heterocycles. The molecule has 2 fully saturated rings. The molecule has 0 aromatic heterocycles. The SMILES string of the molecule is CSNC(=O)c1cc(C2CC2)c(OCC2CCNCC2)cc1F.FC(F)Cc1cc(Cl)cc(Cl)c1. The molecule has 4 nitrogen and oxygen atoms in total. The fourth-order valence-corrected chi connectivity index (χ4v) is 4.76. The molecular weight excluding hydrogens is 520 g/mol. The van der Waals surface area contributed by atoms with Crippen molar-refractivity contribution in [3.63, 3.8) is 0 Å². The fourth-order valence-electron chi connectivity index (χ4n) is 3.89. The summed E-state index contributed by atoms with van der Waals surface area (Å²) in [5, 5.41) is 4.11. The van der Waals surface area contributed by atoms with Crippen LogP contribution < -0.4 is 14.8 Å². The van der Waals surface area contributed by atoms with Crippen LogP contribution in [0.2, 0.25) is 10.0 Å². The van der Waals surface area contributed by atoms with Gasteiger partial charge in [-0.1, -0.05) is 35.1 Å². The Labute approximate surface area is 218 Å². The van der Waals surface area contributed by atoms with Gasteiger partial charge in [0.2, 0.25) is 6.43 Å². The van der Waals surface area contributed by atoms with Crippen LogP contribution in [-0.4, -0.2) is 38.3 Å². The van der Waals surface area contributed by atoms with Crippen molar-refractivity contribution in [2.24, 2.45) is 5.92 Å². The third-order valence-corrected chi connectivity index (χ3v) is 6.63. The molecule has 1 aliphatic carbocycles. The maximum atomic E-state index is 14.3. The number of ether oxygens (including phenoxy) is 1. The Kier molecular flexibility index (Phi) is 10.9. The van der Waals surface area contributed by atoms with Gasteiger partial charge in [-0.05, 0) is 86.0 Å². The van der Waals surface area contributed by atoms with E-state index >= 15 is 0 Å². The number of nitrogens with one attached hydrogen (secondary N) is 2. The van der Waals surface area contributed by atoms with Crippen LogP contribution in [0.4, 0.5) is 13.2 Å². The van der Waals surface area contributed by atoms with Crippen molar-refractivity contribution in [2.45, 2.75) is 44.4 Å². The molecule has 1 saturated carbocycles. The minimum atomic E-state index is -2.36. The first-order chi connectivity index (χ1) is 16.8. The molecule has 2 N–H and O–H groups in total. The monoisotopic (exact) mass is 548 g/mol. The predicted molar refractivity (Wildman–Crippen MR) is 137 cm³/mol. The van der Waals surface area contributed by atoms with Gasteiger partial charge in [-0.25, -0.2) is 13.2 Å². The number of piperidine rings is 1. The lowest BCUT2D eigenvalue weighted by atomic mass is 9.99. The highest BCUT2D eigenvalue weighted by Crippen LogP contribution is 2.45.